The Morgan fingerprint density at radius 3 is 2.41 bits per heavy atom. The van der Waals surface area contributed by atoms with Gasteiger partial charge in [0, 0.05) is 6.07 Å². The first kappa shape index (κ1) is 15.8. The minimum atomic E-state index is -3.99. The third-order valence-electron chi connectivity index (χ3n) is 2.78. The van der Waals surface area contributed by atoms with Crippen molar-refractivity contribution in [2.24, 2.45) is 0 Å². The van der Waals surface area contributed by atoms with Crippen LogP contribution in [0.1, 0.15) is 15.9 Å². The molecule has 0 aromatic heterocycles. The molecule has 5 nitrogen and oxygen atoms in total. The van der Waals surface area contributed by atoms with Crippen LogP contribution < -0.4 is 8.92 Å². The van der Waals surface area contributed by atoms with Crippen LogP contribution >= 0.6 is 0 Å². The van der Waals surface area contributed by atoms with Crippen LogP contribution in [0.3, 0.4) is 0 Å². The molecule has 0 amide bonds. The van der Waals surface area contributed by atoms with Gasteiger partial charge in [-0.05, 0) is 23.8 Å². The van der Waals surface area contributed by atoms with Gasteiger partial charge in [0.25, 0.3) is 0 Å². The van der Waals surface area contributed by atoms with Gasteiger partial charge in [-0.25, -0.2) is 0 Å². The molecule has 0 bridgehead atoms. The largest absolute Gasteiger partial charge is 0.497 e. The molecule has 0 saturated carbocycles. The van der Waals surface area contributed by atoms with Gasteiger partial charge in [0.05, 0.1) is 18.1 Å². The Morgan fingerprint density at radius 2 is 1.77 bits per heavy atom. The Hall–Kier alpha value is -2.60. The predicted molar refractivity (Wildman–Crippen MR) is 83.4 cm³/mol. The molecular formula is C16H14O5S. The lowest BCUT2D eigenvalue weighted by molar-refractivity contribution is 0.112. The molecule has 0 saturated heterocycles. The van der Waals surface area contributed by atoms with Crippen molar-refractivity contribution in [3.8, 4) is 11.5 Å². The van der Waals surface area contributed by atoms with Crippen LogP contribution in [0.25, 0.3) is 6.08 Å². The molecular weight excluding hydrogens is 304 g/mol. The topological polar surface area (TPSA) is 69.7 Å². The van der Waals surface area contributed by atoms with Gasteiger partial charge in [-0.3, -0.25) is 4.79 Å². The summed E-state index contributed by atoms with van der Waals surface area (Å²) in [4.78, 5) is 11.0. The monoisotopic (exact) mass is 318 g/mol. The summed E-state index contributed by atoms with van der Waals surface area (Å²) >= 11 is 0. The van der Waals surface area contributed by atoms with Gasteiger partial charge in [-0.15, -0.1) is 0 Å². The third kappa shape index (κ3) is 4.20. The van der Waals surface area contributed by atoms with Crippen molar-refractivity contribution in [3.63, 3.8) is 0 Å². The van der Waals surface area contributed by atoms with Gasteiger partial charge in [-0.2, -0.15) is 8.42 Å². The summed E-state index contributed by atoms with van der Waals surface area (Å²) in [6.45, 7) is 0. The molecule has 0 unspecified atom stereocenters. The van der Waals surface area contributed by atoms with Crippen LogP contribution in [-0.2, 0) is 10.1 Å². The normalized spacial score (nSPS) is 11.3. The molecule has 0 N–H and O–H groups in total. The maximum atomic E-state index is 12.0. The molecule has 6 heteroatoms. The number of methoxy groups -OCH3 is 1. The van der Waals surface area contributed by atoms with E-state index in [9.17, 15) is 13.2 Å². The molecule has 2 aromatic rings. The van der Waals surface area contributed by atoms with E-state index in [1.54, 1.807) is 30.3 Å². The molecule has 114 valence electrons. The second-order valence-corrected chi connectivity index (χ2v) is 5.74. The Bertz CT molecular complexity index is 779. The second kappa shape index (κ2) is 6.91. The standard InChI is InChI=1S/C16H14O5S/c1-20-15-8-7-14(12-17)16(11-15)21-22(18,19)10-9-13-5-3-2-4-6-13/h2-12H,1H3/b10-9+. The number of benzene rings is 2. The average molecular weight is 318 g/mol. The molecule has 0 aliphatic carbocycles. The first-order valence-electron chi connectivity index (χ1n) is 6.35. The number of hydrogen-bond donors (Lipinski definition) is 0. The zero-order valence-corrected chi connectivity index (χ0v) is 12.6. The Morgan fingerprint density at radius 1 is 1.05 bits per heavy atom. The van der Waals surface area contributed by atoms with E-state index in [1.807, 2.05) is 6.07 Å². The van der Waals surface area contributed by atoms with Gasteiger partial charge in [0.1, 0.15) is 5.75 Å². The van der Waals surface area contributed by atoms with Gasteiger partial charge in [0.15, 0.2) is 12.0 Å². The fraction of sp³-hybridized carbons (Fsp3) is 0.0625. The van der Waals surface area contributed by atoms with E-state index in [1.165, 1.54) is 25.3 Å². The summed E-state index contributed by atoms with van der Waals surface area (Å²) in [6.07, 6.45) is 1.93. The summed E-state index contributed by atoms with van der Waals surface area (Å²) in [6, 6.07) is 13.2. The molecule has 0 aliphatic heterocycles. The molecule has 2 aromatic carbocycles. The second-order valence-electron chi connectivity index (χ2n) is 4.31. The first-order chi connectivity index (χ1) is 10.5. The van der Waals surface area contributed by atoms with E-state index in [0.29, 0.717) is 12.0 Å². The lowest BCUT2D eigenvalue weighted by Crippen LogP contribution is -2.07. The summed E-state index contributed by atoms with van der Waals surface area (Å²) in [5.41, 5.74) is 0.841. The summed E-state index contributed by atoms with van der Waals surface area (Å²) < 4.78 is 33.9. The van der Waals surface area contributed by atoms with Crippen molar-refractivity contribution in [1.82, 2.24) is 0 Å². The number of hydrogen-bond acceptors (Lipinski definition) is 5. The lowest BCUT2D eigenvalue weighted by atomic mass is 10.2. The molecule has 0 heterocycles. The fourth-order valence-electron chi connectivity index (χ4n) is 1.69. The first-order valence-corrected chi connectivity index (χ1v) is 7.82. The highest BCUT2D eigenvalue weighted by Gasteiger charge is 2.13. The van der Waals surface area contributed by atoms with E-state index in [2.05, 4.69) is 0 Å². The van der Waals surface area contributed by atoms with E-state index < -0.39 is 10.1 Å². The number of aldehydes is 1. The fourth-order valence-corrected chi connectivity index (χ4v) is 2.46. The van der Waals surface area contributed by atoms with E-state index in [0.717, 1.165) is 11.0 Å². The zero-order chi connectivity index (χ0) is 16.0. The van der Waals surface area contributed by atoms with Crippen LogP contribution in [0.4, 0.5) is 0 Å². The SMILES string of the molecule is COc1ccc(C=O)c(OS(=O)(=O)/C=C/c2ccccc2)c1. The smallest absolute Gasteiger partial charge is 0.332 e. The predicted octanol–water partition coefficient (Wildman–Crippen LogP) is 2.89. The van der Waals surface area contributed by atoms with Crippen LogP contribution in [0, 0.1) is 0 Å². The van der Waals surface area contributed by atoms with E-state index in [-0.39, 0.29) is 11.3 Å². The summed E-state index contributed by atoms with van der Waals surface area (Å²) in [5, 5.41) is 0.941. The number of rotatable bonds is 6. The van der Waals surface area contributed by atoms with Crippen molar-refractivity contribution in [1.29, 1.82) is 0 Å². The molecule has 2 rings (SSSR count). The number of carbonyl (C=O) groups excluding carboxylic acids is 1. The van der Waals surface area contributed by atoms with Gasteiger partial charge < -0.3 is 8.92 Å². The maximum Gasteiger partial charge on any atom is 0.332 e. The van der Waals surface area contributed by atoms with E-state index in [4.69, 9.17) is 8.92 Å². The molecule has 0 aliphatic rings. The van der Waals surface area contributed by atoms with Crippen LogP contribution in [-0.4, -0.2) is 21.8 Å². The molecule has 0 atom stereocenters. The highest BCUT2D eigenvalue weighted by Crippen LogP contribution is 2.25. The summed E-state index contributed by atoms with van der Waals surface area (Å²) in [5.74, 6) is 0.315. The molecule has 0 fully saturated rings. The van der Waals surface area contributed by atoms with Crippen molar-refractivity contribution < 1.29 is 22.1 Å². The number of carbonyl (C=O) groups is 1. The van der Waals surface area contributed by atoms with E-state index >= 15 is 0 Å². The van der Waals surface area contributed by atoms with Crippen LogP contribution in [0.5, 0.6) is 11.5 Å². The van der Waals surface area contributed by atoms with Crippen LogP contribution in [0.15, 0.2) is 53.9 Å². The van der Waals surface area contributed by atoms with Crippen molar-refractivity contribution in [2.75, 3.05) is 7.11 Å². The zero-order valence-electron chi connectivity index (χ0n) is 11.8. The summed E-state index contributed by atoms with van der Waals surface area (Å²) in [7, 11) is -2.55. The van der Waals surface area contributed by atoms with Gasteiger partial charge in [0.2, 0.25) is 0 Å². The minimum Gasteiger partial charge on any atom is -0.497 e. The lowest BCUT2D eigenvalue weighted by Gasteiger charge is -2.08. The van der Waals surface area contributed by atoms with Crippen molar-refractivity contribution in [2.45, 2.75) is 0 Å². The third-order valence-corrected chi connectivity index (χ3v) is 3.66. The minimum absolute atomic E-state index is 0.0768. The Labute approximate surface area is 128 Å². The maximum absolute atomic E-state index is 12.0. The molecule has 22 heavy (non-hydrogen) atoms. The highest BCUT2D eigenvalue weighted by molar-refractivity contribution is 7.90. The molecule has 0 radical (unpaired) electrons. The van der Waals surface area contributed by atoms with Gasteiger partial charge in [-0.1, -0.05) is 30.3 Å². The highest BCUT2D eigenvalue weighted by atomic mass is 32.2. The van der Waals surface area contributed by atoms with Gasteiger partial charge >= 0.3 is 10.1 Å². The van der Waals surface area contributed by atoms with Crippen molar-refractivity contribution in [3.05, 3.63) is 65.1 Å². The van der Waals surface area contributed by atoms with Crippen molar-refractivity contribution >= 4 is 22.5 Å². The Balaban J connectivity index is 2.25. The average Bonchev–Trinajstić information content (AvgIpc) is 2.53. The Kier molecular flexibility index (Phi) is 4.95. The van der Waals surface area contributed by atoms with Crippen LogP contribution in [0.2, 0.25) is 0 Å². The quantitative estimate of drug-likeness (QED) is 0.605. The molecule has 0 spiro atoms. The number of ether oxygens (including phenoxy) is 1.